The summed E-state index contributed by atoms with van der Waals surface area (Å²) < 4.78 is 0. The summed E-state index contributed by atoms with van der Waals surface area (Å²) in [5.74, 6) is 0. The van der Waals surface area contributed by atoms with E-state index in [1.54, 1.807) is 0 Å². The molecule has 84 valence electrons. The molecular formula is C3H9Cl6F3. The fourth-order valence-electron chi connectivity index (χ4n) is 0. The molecule has 0 aromatic carbocycles. The smallest absolute Gasteiger partial charge is 0.0967 e. The van der Waals surface area contributed by atoms with Crippen LogP contribution in [0.2, 0.25) is 0 Å². The van der Waals surface area contributed by atoms with Gasteiger partial charge >= 0.3 is 0 Å². The summed E-state index contributed by atoms with van der Waals surface area (Å²) in [6, 6.07) is 0. The van der Waals surface area contributed by atoms with Crippen molar-refractivity contribution in [3.63, 3.8) is 0 Å². The molecule has 0 aliphatic rings. The molecule has 0 radical (unpaired) electrons. The topological polar surface area (TPSA) is 0 Å². The van der Waals surface area contributed by atoms with Crippen LogP contribution in [-0.2, 0) is 0 Å². The summed E-state index contributed by atoms with van der Waals surface area (Å²) in [5.41, 5.74) is 0. The molecule has 0 aromatic rings. The van der Waals surface area contributed by atoms with Gasteiger partial charge in [-0.3, -0.25) is 14.1 Å². The molecule has 0 amide bonds. The third kappa shape index (κ3) is 546. The second-order valence-corrected chi connectivity index (χ2v) is 2.73. The van der Waals surface area contributed by atoms with Crippen molar-refractivity contribution in [1.82, 2.24) is 0 Å². The minimum absolute atomic E-state index is 0. The number of alkyl halides is 6. The Morgan fingerprint density at radius 3 is 0.417 bits per heavy atom. The Labute approximate surface area is 99.5 Å². The molecule has 0 fully saturated rings. The van der Waals surface area contributed by atoms with Crippen LogP contribution in [0.5, 0.6) is 0 Å². The van der Waals surface area contributed by atoms with Crippen LogP contribution in [0.4, 0.5) is 14.1 Å². The Morgan fingerprint density at radius 1 is 0.417 bits per heavy atom. The maximum absolute atomic E-state index is 4.76. The summed E-state index contributed by atoms with van der Waals surface area (Å²) in [5, 5.41) is 0.583. The Kier molecular flexibility index (Phi) is 253. The van der Waals surface area contributed by atoms with Gasteiger partial charge in [0.1, 0.15) is 0 Å². The van der Waals surface area contributed by atoms with Gasteiger partial charge in [-0.25, -0.2) is 0 Å². The first kappa shape index (κ1) is 37.5. The highest BCUT2D eigenvalue weighted by Gasteiger charge is 1.42. The summed E-state index contributed by atoms with van der Waals surface area (Å²) in [7, 11) is 0. The predicted octanol–water partition coefficient (Wildman–Crippen LogP) is 4.72. The first-order valence-corrected chi connectivity index (χ1v) is 4.81. The van der Waals surface area contributed by atoms with Gasteiger partial charge in [0.15, 0.2) is 0 Å². The summed E-state index contributed by atoms with van der Waals surface area (Å²) in [6.45, 7) is 0. The number of hydrogen-bond donors (Lipinski definition) is 0. The second-order valence-electron chi connectivity index (χ2n) is 0.303. The van der Waals surface area contributed by atoms with Crippen molar-refractivity contribution in [2.75, 3.05) is 16.0 Å². The second kappa shape index (κ2) is 81.2. The van der Waals surface area contributed by atoms with Gasteiger partial charge in [-0.15, -0.1) is 69.6 Å². The van der Waals surface area contributed by atoms with Crippen LogP contribution in [0.1, 0.15) is 0 Å². The molecule has 0 atom stereocenters. The molecule has 0 aromatic heterocycles. The molecule has 0 spiro atoms. The lowest BCUT2D eigenvalue weighted by atomic mass is 11.9. The molecule has 9 heteroatoms. The van der Waals surface area contributed by atoms with Crippen LogP contribution in [-0.4, -0.2) is 16.0 Å². The van der Waals surface area contributed by atoms with Crippen LogP contribution in [0.25, 0.3) is 0 Å². The van der Waals surface area contributed by atoms with Gasteiger partial charge < -0.3 is 0 Å². The van der Waals surface area contributed by atoms with Gasteiger partial charge in [-0.2, -0.15) is 0 Å². The molecule has 0 rings (SSSR count). The summed E-state index contributed by atoms with van der Waals surface area (Å²) in [4.78, 5) is 0. The molecule has 12 heavy (non-hydrogen) atoms. The number of rotatable bonds is 0. The van der Waals surface area contributed by atoms with Crippen LogP contribution < -0.4 is 0 Å². The molecule has 0 nitrogen and oxygen atoms in total. The lowest BCUT2D eigenvalue weighted by Crippen LogP contribution is -1.24. The Balaban J connectivity index is -0.00000001000. The van der Waals surface area contributed by atoms with E-state index in [1.807, 2.05) is 0 Å². The van der Waals surface area contributed by atoms with E-state index in [0.29, 0.717) is 0 Å². The van der Waals surface area contributed by atoms with Gasteiger partial charge in [0.2, 0.25) is 0 Å². The van der Waals surface area contributed by atoms with E-state index in [4.69, 9.17) is 69.6 Å². The number of hydrogen-bond acceptors (Lipinski definition) is 0. The normalized spacial score (nSPS) is 4.50. The Hall–Kier alpha value is 1.53. The lowest BCUT2D eigenvalue weighted by molar-refractivity contribution is 1.11. The van der Waals surface area contributed by atoms with Crippen molar-refractivity contribution in [3.8, 4) is 0 Å². The first-order valence-electron chi connectivity index (χ1n) is 1.60. The van der Waals surface area contributed by atoms with E-state index < -0.39 is 0 Å². The average molecular weight is 315 g/mol. The van der Waals surface area contributed by atoms with Crippen molar-refractivity contribution < 1.29 is 14.1 Å². The molecule has 0 bridgehead atoms. The Morgan fingerprint density at radius 2 is 0.417 bits per heavy atom. The summed E-state index contributed by atoms with van der Waals surface area (Å²) in [6.07, 6.45) is 0. The standard InChI is InChI=1S/3CH2Cl2.3FH/c3*2-1-3;;;/h3*1H2;3*1H. The average Bonchev–Trinajstić information content (AvgIpc) is 1.70. The van der Waals surface area contributed by atoms with Crippen molar-refractivity contribution in [1.29, 1.82) is 0 Å². The van der Waals surface area contributed by atoms with Crippen LogP contribution in [0.3, 0.4) is 0 Å². The highest BCUT2D eigenvalue weighted by molar-refractivity contribution is 6.41. The molecule has 0 aliphatic heterocycles. The van der Waals surface area contributed by atoms with Gasteiger partial charge in [0.25, 0.3) is 0 Å². The van der Waals surface area contributed by atoms with E-state index in [9.17, 15) is 0 Å². The third-order valence-corrected chi connectivity index (χ3v) is 0. The maximum Gasteiger partial charge on any atom is 0.0967 e. The zero-order valence-corrected chi connectivity index (χ0v) is 10.1. The molecule has 0 saturated carbocycles. The van der Waals surface area contributed by atoms with Crippen LogP contribution in [0.15, 0.2) is 0 Å². The molecule has 0 N–H and O–H groups in total. The quantitative estimate of drug-likeness (QED) is 0.567. The Bertz CT molecular complexity index is 22.8. The maximum atomic E-state index is 4.76. The lowest BCUT2D eigenvalue weighted by Gasteiger charge is -1.42. The number of halogens is 9. The molecule has 0 heterocycles. The fourth-order valence-corrected chi connectivity index (χ4v) is 0. The van der Waals surface area contributed by atoms with Crippen molar-refractivity contribution in [2.24, 2.45) is 0 Å². The van der Waals surface area contributed by atoms with Crippen molar-refractivity contribution in [2.45, 2.75) is 0 Å². The summed E-state index contributed by atoms with van der Waals surface area (Å²) >= 11 is 28.6. The fraction of sp³-hybridized carbons (Fsp3) is 1.00. The highest BCUT2D eigenvalue weighted by Crippen LogP contribution is 1.73. The largest absolute Gasteiger partial charge is 0.269 e. The highest BCUT2D eigenvalue weighted by atomic mass is 35.5. The van der Waals surface area contributed by atoms with Gasteiger partial charge in [-0.1, -0.05) is 0 Å². The van der Waals surface area contributed by atoms with Gasteiger partial charge in [0.05, 0.1) is 16.0 Å². The van der Waals surface area contributed by atoms with Crippen LogP contribution >= 0.6 is 69.6 Å². The third-order valence-electron chi connectivity index (χ3n) is 0. The molecular weight excluding hydrogens is 306 g/mol. The molecule has 0 saturated heterocycles. The predicted molar refractivity (Wildman–Crippen MR) is 57.2 cm³/mol. The molecule has 0 aliphatic carbocycles. The molecule has 0 unspecified atom stereocenters. The van der Waals surface area contributed by atoms with E-state index in [0.717, 1.165) is 0 Å². The SMILES string of the molecule is ClCCl.ClCCl.ClCCl.F.F.F. The van der Waals surface area contributed by atoms with Gasteiger partial charge in [0, 0.05) is 0 Å². The van der Waals surface area contributed by atoms with Gasteiger partial charge in [-0.05, 0) is 0 Å². The van der Waals surface area contributed by atoms with E-state index in [1.165, 1.54) is 0 Å². The monoisotopic (exact) mass is 312 g/mol. The van der Waals surface area contributed by atoms with Crippen LogP contribution in [0, 0.1) is 0 Å². The zero-order valence-electron chi connectivity index (χ0n) is 5.61. The van der Waals surface area contributed by atoms with Crippen molar-refractivity contribution in [3.05, 3.63) is 0 Å². The van der Waals surface area contributed by atoms with E-state index in [-0.39, 0.29) is 30.1 Å². The van der Waals surface area contributed by atoms with E-state index in [2.05, 4.69) is 0 Å². The van der Waals surface area contributed by atoms with Crippen molar-refractivity contribution >= 4 is 69.6 Å². The minimum atomic E-state index is 0. The zero-order chi connectivity index (χ0) is 8.12. The minimum Gasteiger partial charge on any atom is -0.269 e. The first-order chi connectivity index (χ1) is 4.24. The van der Waals surface area contributed by atoms with E-state index >= 15 is 0 Å².